The molecule has 1 aromatic carbocycles. The van der Waals surface area contributed by atoms with Crippen LogP contribution in [0.25, 0.3) is 0 Å². The summed E-state index contributed by atoms with van der Waals surface area (Å²) in [5, 5.41) is 12.6. The van der Waals surface area contributed by atoms with Gasteiger partial charge in [0.15, 0.2) is 5.78 Å². The molecule has 0 spiro atoms. The lowest BCUT2D eigenvalue weighted by molar-refractivity contribution is -0.122. The van der Waals surface area contributed by atoms with E-state index in [2.05, 4.69) is 21.2 Å². The summed E-state index contributed by atoms with van der Waals surface area (Å²) in [4.78, 5) is 24.1. The second kappa shape index (κ2) is 9.33. The van der Waals surface area contributed by atoms with E-state index >= 15 is 0 Å². The van der Waals surface area contributed by atoms with E-state index in [1.807, 2.05) is 12.1 Å². The maximum Gasteiger partial charge on any atom is 0.220 e. The quantitative estimate of drug-likeness (QED) is 0.656. The molecule has 1 aromatic rings. The van der Waals surface area contributed by atoms with E-state index in [-0.39, 0.29) is 23.7 Å². The van der Waals surface area contributed by atoms with Crippen molar-refractivity contribution in [1.82, 2.24) is 5.32 Å². The third kappa shape index (κ3) is 5.71. The molecule has 0 atom stereocenters. The van der Waals surface area contributed by atoms with Crippen LogP contribution >= 0.6 is 15.9 Å². The zero-order valence-electron chi connectivity index (χ0n) is 14.0. The number of Topliss-reactive ketones (excluding diaryl/α,β-unsaturated/α-hetero) is 1. The summed E-state index contributed by atoms with van der Waals surface area (Å²) >= 11 is 3.34. The maximum atomic E-state index is 12.1. The fourth-order valence-electron chi connectivity index (χ4n) is 3.26. The minimum absolute atomic E-state index is 0.0306. The Hall–Kier alpha value is -1.20. The van der Waals surface area contributed by atoms with E-state index in [4.69, 9.17) is 0 Å². The van der Waals surface area contributed by atoms with E-state index in [0.717, 1.165) is 30.2 Å². The molecule has 24 heavy (non-hydrogen) atoms. The van der Waals surface area contributed by atoms with Crippen LogP contribution in [0.4, 0.5) is 0 Å². The smallest absolute Gasteiger partial charge is 0.220 e. The number of ketones is 1. The van der Waals surface area contributed by atoms with Crippen LogP contribution in [0.5, 0.6) is 0 Å². The molecular formula is C19H26BrNO3. The fourth-order valence-corrected chi connectivity index (χ4v) is 3.52. The Balaban J connectivity index is 1.69. The average Bonchev–Trinajstić information content (AvgIpc) is 2.61. The molecule has 1 aliphatic rings. The zero-order chi connectivity index (χ0) is 17.4. The van der Waals surface area contributed by atoms with Crippen molar-refractivity contribution in [1.29, 1.82) is 0 Å². The number of aliphatic hydroxyl groups excluding tert-OH is 1. The molecule has 0 unspecified atom stereocenters. The summed E-state index contributed by atoms with van der Waals surface area (Å²) in [6, 6.07) is 7.28. The van der Waals surface area contributed by atoms with Gasteiger partial charge in [0.25, 0.3) is 0 Å². The molecular weight excluding hydrogens is 370 g/mol. The van der Waals surface area contributed by atoms with Gasteiger partial charge in [-0.1, -0.05) is 47.3 Å². The van der Waals surface area contributed by atoms with Gasteiger partial charge in [-0.05, 0) is 31.4 Å². The summed E-state index contributed by atoms with van der Waals surface area (Å²) in [5.41, 5.74) is 0.543. The largest absolute Gasteiger partial charge is 0.396 e. The highest BCUT2D eigenvalue weighted by molar-refractivity contribution is 9.10. The number of amides is 1. The molecule has 0 bridgehead atoms. The van der Waals surface area contributed by atoms with Crippen LogP contribution in [0.15, 0.2) is 28.7 Å². The van der Waals surface area contributed by atoms with E-state index in [0.29, 0.717) is 31.4 Å². The first-order chi connectivity index (χ1) is 11.5. The molecule has 1 aliphatic carbocycles. The number of halogens is 1. The van der Waals surface area contributed by atoms with Gasteiger partial charge in [-0.15, -0.1) is 0 Å². The van der Waals surface area contributed by atoms with Gasteiger partial charge in [0, 0.05) is 34.8 Å². The van der Waals surface area contributed by atoms with Gasteiger partial charge in [0.2, 0.25) is 5.91 Å². The fraction of sp³-hybridized carbons (Fsp3) is 0.579. The summed E-state index contributed by atoms with van der Waals surface area (Å²) in [7, 11) is 0. The van der Waals surface area contributed by atoms with Crippen LogP contribution in [0, 0.1) is 5.41 Å². The Morgan fingerprint density at radius 1 is 1.08 bits per heavy atom. The third-order valence-electron chi connectivity index (χ3n) is 4.88. The summed E-state index contributed by atoms with van der Waals surface area (Å²) < 4.78 is 0.943. The zero-order valence-corrected chi connectivity index (χ0v) is 15.6. The first kappa shape index (κ1) is 19.1. The number of benzene rings is 1. The van der Waals surface area contributed by atoms with Crippen molar-refractivity contribution in [2.24, 2.45) is 5.41 Å². The van der Waals surface area contributed by atoms with Gasteiger partial charge < -0.3 is 10.4 Å². The van der Waals surface area contributed by atoms with Gasteiger partial charge >= 0.3 is 0 Å². The van der Waals surface area contributed by atoms with Crippen molar-refractivity contribution in [3.63, 3.8) is 0 Å². The SMILES string of the molecule is O=C(CCCC(=O)c1ccc(Br)cc1)NCC1(CO)CCCCC1. The Bertz CT molecular complexity index is 550. The Labute approximate surface area is 152 Å². The van der Waals surface area contributed by atoms with Gasteiger partial charge in [-0.3, -0.25) is 9.59 Å². The van der Waals surface area contributed by atoms with Crippen LogP contribution < -0.4 is 5.32 Å². The highest BCUT2D eigenvalue weighted by atomic mass is 79.9. The molecule has 0 heterocycles. The standard InChI is InChI=1S/C19H26BrNO3/c20-16-9-7-15(8-10-16)17(23)5-4-6-18(24)21-13-19(14-22)11-2-1-3-12-19/h7-10,22H,1-6,11-14H2,(H,21,24). The van der Waals surface area contributed by atoms with Crippen LogP contribution in [-0.4, -0.2) is 29.9 Å². The number of rotatable bonds is 8. The highest BCUT2D eigenvalue weighted by Gasteiger charge is 2.31. The van der Waals surface area contributed by atoms with Crippen LogP contribution in [0.3, 0.4) is 0 Å². The second-order valence-electron chi connectivity index (χ2n) is 6.78. The Morgan fingerprint density at radius 2 is 1.75 bits per heavy atom. The van der Waals surface area contributed by atoms with E-state index in [1.165, 1.54) is 6.42 Å². The molecule has 4 nitrogen and oxygen atoms in total. The number of nitrogens with one attached hydrogen (secondary N) is 1. The molecule has 5 heteroatoms. The monoisotopic (exact) mass is 395 g/mol. The van der Waals surface area contributed by atoms with Crippen molar-refractivity contribution >= 4 is 27.6 Å². The number of hydrogen-bond donors (Lipinski definition) is 2. The summed E-state index contributed by atoms with van der Waals surface area (Å²) in [6.45, 7) is 0.679. The number of carbonyl (C=O) groups is 2. The van der Waals surface area contributed by atoms with E-state index in [9.17, 15) is 14.7 Å². The molecule has 1 amide bonds. The molecule has 0 saturated heterocycles. The summed E-state index contributed by atoms with van der Waals surface area (Å²) in [5.74, 6) is 0.0337. The van der Waals surface area contributed by atoms with Crippen molar-refractivity contribution in [3.8, 4) is 0 Å². The number of aliphatic hydroxyl groups is 1. The van der Waals surface area contributed by atoms with Crippen LogP contribution in [-0.2, 0) is 4.79 Å². The lowest BCUT2D eigenvalue weighted by Gasteiger charge is -2.35. The molecule has 1 fully saturated rings. The highest BCUT2D eigenvalue weighted by Crippen LogP contribution is 2.35. The van der Waals surface area contributed by atoms with Crippen molar-refractivity contribution in [2.75, 3.05) is 13.2 Å². The lowest BCUT2D eigenvalue weighted by atomic mass is 9.74. The van der Waals surface area contributed by atoms with Crippen LogP contribution in [0.1, 0.15) is 61.7 Å². The van der Waals surface area contributed by atoms with E-state index in [1.54, 1.807) is 12.1 Å². The topological polar surface area (TPSA) is 66.4 Å². The molecule has 2 N–H and O–H groups in total. The summed E-state index contributed by atoms with van der Waals surface area (Å²) in [6.07, 6.45) is 6.69. The molecule has 2 rings (SSSR count). The first-order valence-electron chi connectivity index (χ1n) is 8.71. The van der Waals surface area contributed by atoms with Crippen molar-refractivity contribution < 1.29 is 14.7 Å². The van der Waals surface area contributed by atoms with Crippen molar-refractivity contribution in [2.45, 2.75) is 51.4 Å². The maximum absolute atomic E-state index is 12.1. The third-order valence-corrected chi connectivity index (χ3v) is 5.41. The van der Waals surface area contributed by atoms with Gasteiger partial charge in [0.05, 0.1) is 6.61 Å². The Kier molecular flexibility index (Phi) is 7.43. The normalized spacial score (nSPS) is 16.6. The molecule has 1 saturated carbocycles. The molecule has 0 aromatic heterocycles. The van der Waals surface area contributed by atoms with Gasteiger partial charge in [-0.2, -0.15) is 0 Å². The average molecular weight is 396 g/mol. The van der Waals surface area contributed by atoms with Gasteiger partial charge in [-0.25, -0.2) is 0 Å². The lowest BCUT2D eigenvalue weighted by Crippen LogP contribution is -2.41. The Morgan fingerprint density at radius 3 is 2.38 bits per heavy atom. The molecule has 0 radical (unpaired) electrons. The van der Waals surface area contributed by atoms with Crippen LogP contribution in [0.2, 0.25) is 0 Å². The van der Waals surface area contributed by atoms with E-state index < -0.39 is 0 Å². The van der Waals surface area contributed by atoms with Crippen molar-refractivity contribution in [3.05, 3.63) is 34.3 Å². The number of hydrogen-bond acceptors (Lipinski definition) is 3. The minimum atomic E-state index is -0.138. The second-order valence-corrected chi connectivity index (χ2v) is 7.69. The molecule has 132 valence electrons. The van der Waals surface area contributed by atoms with Gasteiger partial charge in [0.1, 0.15) is 0 Å². The number of carbonyl (C=O) groups excluding carboxylic acids is 2. The minimum Gasteiger partial charge on any atom is -0.396 e. The first-order valence-corrected chi connectivity index (χ1v) is 9.50. The predicted octanol–water partition coefficient (Wildman–Crippen LogP) is 3.86. The predicted molar refractivity (Wildman–Crippen MR) is 97.9 cm³/mol. The molecule has 0 aliphatic heterocycles.